The molecule has 0 unspecified atom stereocenters. The van der Waals surface area contributed by atoms with E-state index in [9.17, 15) is 0 Å². The first-order valence-corrected chi connectivity index (χ1v) is 5.93. The third-order valence-corrected chi connectivity index (χ3v) is 2.64. The van der Waals surface area contributed by atoms with Crippen molar-refractivity contribution in [2.24, 2.45) is 0 Å². The van der Waals surface area contributed by atoms with Crippen LogP contribution in [0, 0.1) is 11.3 Å². The zero-order valence-corrected chi connectivity index (χ0v) is 10.1. The highest BCUT2D eigenvalue weighted by Gasteiger charge is 2.01. The predicted octanol–water partition coefficient (Wildman–Crippen LogP) is 3.49. The van der Waals surface area contributed by atoms with Gasteiger partial charge in [-0.05, 0) is 42.5 Å². The molecular formula is C14H19NO. The van der Waals surface area contributed by atoms with Gasteiger partial charge in [0.1, 0.15) is 5.75 Å². The van der Waals surface area contributed by atoms with Crippen molar-refractivity contribution in [3.8, 4) is 11.8 Å². The molecule has 0 heterocycles. The number of ether oxygens (including phenoxy) is 1. The average molecular weight is 217 g/mol. The maximum atomic E-state index is 8.41. The number of rotatable bonds is 6. The van der Waals surface area contributed by atoms with Crippen LogP contribution in [0.15, 0.2) is 18.2 Å². The van der Waals surface area contributed by atoms with E-state index in [2.05, 4.69) is 32.0 Å². The molecule has 0 fully saturated rings. The Morgan fingerprint density at radius 3 is 2.56 bits per heavy atom. The SMILES string of the molecule is CCc1ccc(OCCCC#N)cc1CC. The summed E-state index contributed by atoms with van der Waals surface area (Å²) in [5.41, 5.74) is 2.76. The van der Waals surface area contributed by atoms with Crippen LogP contribution in [0.3, 0.4) is 0 Å². The monoisotopic (exact) mass is 217 g/mol. The van der Waals surface area contributed by atoms with Crippen LogP contribution in [-0.2, 0) is 12.8 Å². The second kappa shape index (κ2) is 6.90. The minimum absolute atomic E-state index is 0.563. The molecule has 86 valence electrons. The molecule has 1 rings (SSSR count). The van der Waals surface area contributed by atoms with Gasteiger partial charge in [0, 0.05) is 6.42 Å². The minimum atomic E-state index is 0.563. The van der Waals surface area contributed by atoms with E-state index < -0.39 is 0 Å². The van der Waals surface area contributed by atoms with Gasteiger partial charge < -0.3 is 4.74 Å². The molecule has 0 N–H and O–H groups in total. The Labute approximate surface area is 97.9 Å². The summed E-state index contributed by atoms with van der Waals surface area (Å²) >= 11 is 0. The van der Waals surface area contributed by atoms with Crippen molar-refractivity contribution in [2.75, 3.05) is 6.61 Å². The third-order valence-electron chi connectivity index (χ3n) is 2.64. The van der Waals surface area contributed by atoms with Gasteiger partial charge in [0.2, 0.25) is 0 Å². The van der Waals surface area contributed by atoms with Crippen LogP contribution in [0.25, 0.3) is 0 Å². The molecule has 0 aliphatic rings. The third kappa shape index (κ3) is 3.58. The quantitative estimate of drug-likeness (QED) is 0.683. The van der Waals surface area contributed by atoms with Crippen LogP contribution in [0.4, 0.5) is 0 Å². The summed E-state index contributed by atoms with van der Waals surface area (Å²) in [6.45, 7) is 4.96. The molecule has 1 aromatic rings. The molecule has 0 aromatic heterocycles. The summed E-state index contributed by atoms with van der Waals surface area (Å²) in [7, 11) is 0. The first-order chi connectivity index (χ1) is 7.81. The van der Waals surface area contributed by atoms with Crippen molar-refractivity contribution in [2.45, 2.75) is 39.5 Å². The molecule has 0 aliphatic heterocycles. The van der Waals surface area contributed by atoms with Gasteiger partial charge in [-0.15, -0.1) is 0 Å². The van der Waals surface area contributed by atoms with Gasteiger partial charge in [0.15, 0.2) is 0 Å². The molecule has 0 atom stereocenters. The molecule has 0 amide bonds. The summed E-state index contributed by atoms with van der Waals surface area (Å²) in [6.07, 6.45) is 3.47. The van der Waals surface area contributed by atoms with Crippen LogP contribution in [0.2, 0.25) is 0 Å². The summed E-state index contributed by atoms with van der Waals surface area (Å²) in [5, 5.41) is 8.41. The Kier molecular flexibility index (Phi) is 5.42. The van der Waals surface area contributed by atoms with Crippen molar-refractivity contribution in [3.63, 3.8) is 0 Å². The molecule has 16 heavy (non-hydrogen) atoms. The Bertz CT molecular complexity index is 365. The molecule has 0 aliphatic carbocycles. The topological polar surface area (TPSA) is 33.0 Å². The Balaban J connectivity index is 2.58. The molecule has 2 heteroatoms. The molecule has 1 aromatic carbocycles. The number of hydrogen-bond donors (Lipinski definition) is 0. The van der Waals surface area contributed by atoms with Gasteiger partial charge in [-0.2, -0.15) is 5.26 Å². The lowest BCUT2D eigenvalue weighted by Gasteiger charge is -2.10. The fourth-order valence-electron chi connectivity index (χ4n) is 1.71. The average Bonchev–Trinajstić information content (AvgIpc) is 2.34. The summed E-state index contributed by atoms with van der Waals surface area (Å²) in [5.74, 6) is 0.923. The predicted molar refractivity (Wildman–Crippen MR) is 65.5 cm³/mol. The number of benzene rings is 1. The van der Waals surface area contributed by atoms with Crippen molar-refractivity contribution in [3.05, 3.63) is 29.3 Å². The van der Waals surface area contributed by atoms with Crippen molar-refractivity contribution in [1.82, 2.24) is 0 Å². The maximum Gasteiger partial charge on any atom is 0.119 e. The highest BCUT2D eigenvalue weighted by atomic mass is 16.5. The highest BCUT2D eigenvalue weighted by molar-refractivity contribution is 5.35. The highest BCUT2D eigenvalue weighted by Crippen LogP contribution is 2.19. The second-order valence-electron chi connectivity index (χ2n) is 3.75. The number of aryl methyl sites for hydroxylation is 2. The molecule has 0 spiro atoms. The normalized spacial score (nSPS) is 9.81. The first-order valence-electron chi connectivity index (χ1n) is 5.93. The van der Waals surface area contributed by atoms with Crippen molar-refractivity contribution in [1.29, 1.82) is 5.26 Å². The van der Waals surface area contributed by atoms with Gasteiger partial charge >= 0.3 is 0 Å². The van der Waals surface area contributed by atoms with Gasteiger partial charge in [-0.1, -0.05) is 19.9 Å². The molecule has 0 radical (unpaired) electrons. The van der Waals surface area contributed by atoms with Crippen molar-refractivity contribution < 1.29 is 4.74 Å². The lowest BCUT2D eigenvalue weighted by Crippen LogP contribution is -1.98. The number of hydrogen-bond acceptors (Lipinski definition) is 2. The standard InChI is InChI=1S/C14H19NO/c1-3-12-7-8-14(11-13(12)4-2)16-10-6-5-9-15/h7-8,11H,3-6,10H2,1-2H3. The molecular weight excluding hydrogens is 198 g/mol. The van der Waals surface area contributed by atoms with Gasteiger partial charge in [0.25, 0.3) is 0 Å². The fourth-order valence-corrected chi connectivity index (χ4v) is 1.71. The fraction of sp³-hybridized carbons (Fsp3) is 0.500. The van der Waals surface area contributed by atoms with E-state index in [1.54, 1.807) is 0 Å². The van der Waals surface area contributed by atoms with Crippen LogP contribution < -0.4 is 4.74 Å². The summed E-state index contributed by atoms with van der Waals surface area (Å²) < 4.78 is 5.60. The van der Waals surface area contributed by atoms with E-state index in [1.165, 1.54) is 11.1 Å². The summed E-state index contributed by atoms with van der Waals surface area (Å²) in [6, 6.07) is 8.39. The second-order valence-corrected chi connectivity index (χ2v) is 3.75. The largest absolute Gasteiger partial charge is 0.494 e. The van der Waals surface area contributed by atoms with E-state index in [0.29, 0.717) is 13.0 Å². The number of nitriles is 1. The van der Waals surface area contributed by atoms with E-state index in [-0.39, 0.29) is 0 Å². The van der Waals surface area contributed by atoms with E-state index in [1.807, 2.05) is 6.07 Å². The Morgan fingerprint density at radius 1 is 1.19 bits per heavy atom. The zero-order valence-electron chi connectivity index (χ0n) is 10.1. The lowest BCUT2D eigenvalue weighted by atomic mass is 10.0. The molecule has 2 nitrogen and oxygen atoms in total. The first kappa shape index (κ1) is 12.6. The minimum Gasteiger partial charge on any atom is -0.494 e. The van der Waals surface area contributed by atoms with Crippen LogP contribution >= 0.6 is 0 Å². The maximum absolute atomic E-state index is 8.41. The Hall–Kier alpha value is -1.49. The van der Waals surface area contributed by atoms with Crippen LogP contribution in [-0.4, -0.2) is 6.61 Å². The van der Waals surface area contributed by atoms with Gasteiger partial charge in [0.05, 0.1) is 12.7 Å². The van der Waals surface area contributed by atoms with E-state index in [4.69, 9.17) is 10.00 Å². The number of nitrogens with zero attached hydrogens (tertiary/aromatic N) is 1. The Morgan fingerprint density at radius 2 is 1.94 bits per heavy atom. The van der Waals surface area contributed by atoms with Gasteiger partial charge in [-0.25, -0.2) is 0 Å². The number of unbranched alkanes of at least 4 members (excludes halogenated alkanes) is 1. The zero-order chi connectivity index (χ0) is 11.8. The van der Waals surface area contributed by atoms with Crippen LogP contribution in [0.1, 0.15) is 37.8 Å². The lowest BCUT2D eigenvalue weighted by molar-refractivity contribution is 0.312. The smallest absolute Gasteiger partial charge is 0.119 e. The molecule has 0 saturated carbocycles. The molecule has 0 bridgehead atoms. The summed E-state index contributed by atoms with van der Waals surface area (Å²) in [4.78, 5) is 0. The van der Waals surface area contributed by atoms with Gasteiger partial charge in [-0.3, -0.25) is 0 Å². The molecule has 0 saturated heterocycles. The van der Waals surface area contributed by atoms with E-state index >= 15 is 0 Å². The van der Waals surface area contributed by atoms with Crippen molar-refractivity contribution >= 4 is 0 Å². The van der Waals surface area contributed by atoms with Crippen LogP contribution in [0.5, 0.6) is 5.75 Å². The van der Waals surface area contributed by atoms with E-state index in [0.717, 1.165) is 25.0 Å².